The molecule has 0 radical (unpaired) electrons. The van der Waals surface area contributed by atoms with E-state index in [9.17, 15) is 0 Å². The number of hydrogen-bond donors (Lipinski definition) is 1. The normalized spacial score (nSPS) is 12.2. The van der Waals surface area contributed by atoms with Crippen LogP contribution < -0.4 is 10.1 Å². The largest absolute Gasteiger partial charge is 0.457 e. The second kappa shape index (κ2) is 7.46. The lowest BCUT2D eigenvalue weighted by molar-refractivity contribution is 0.480. The molecule has 0 saturated heterocycles. The van der Waals surface area contributed by atoms with Crippen LogP contribution in [0.15, 0.2) is 53.0 Å². The van der Waals surface area contributed by atoms with Crippen molar-refractivity contribution in [1.29, 1.82) is 0 Å². The molecule has 0 aliphatic rings. The Balaban J connectivity index is 2.08. The van der Waals surface area contributed by atoms with Gasteiger partial charge in [-0.1, -0.05) is 48.0 Å². The summed E-state index contributed by atoms with van der Waals surface area (Å²) in [5.74, 6) is 1.70. The van der Waals surface area contributed by atoms with Crippen molar-refractivity contribution in [3.05, 3.63) is 58.6 Å². The van der Waals surface area contributed by atoms with E-state index in [1.54, 1.807) is 0 Å². The third-order valence-corrected chi connectivity index (χ3v) is 3.67. The highest BCUT2D eigenvalue weighted by molar-refractivity contribution is 9.10. The van der Waals surface area contributed by atoms with Crippen molar-refractivity contribution < 1.29 is 4.74 Å². The van der Waals surface area contributed by atoms with E-state index in [0.717, 1.165) is 28.9 Å². The fourth-order valence-corrected chi connectivity index (χ4v) is 2.56. The van der Waals surface area contributed by atoms with Gasteiger partial charge in [0.25, 0.3) is 0 Å². The van der Waals surface area contributed by atoms with Gasteiger partial charge >= 0.3 is 0 Å². The molecule has 0 spiro atoms. The summed E-state index contributed by atoms with van der Waals surface area (Å²) < 4.78 is 6.86. The molecular weight excluding hydrogens is 314 g/mol. The van der Waals surface area contributed by atoms with Crippen molar-refractivity contribution >= 4 is 15.9 Å². The Morgan fingerprint density at radius 3 is 2.40 bits per heavy atom. The summed E-state index contributed by atoms with van der Waals surface area (Å²) in [6, 6.07) is 16.6. The van der Waals surface area contributed by atoms with Gasteiger partial charge in [0, 0.05) is 10.5 Å². The van der Waals surface area contributed by atoms with E-state index in [1.807, 2.05) is 36.4 Å². The van der Waals surface area contributed by atoms with Crippen LogP contribution in [0.5, 0.6) is 11.5 Å². The van der Waals surface area contributed by atoms with Gasteiger partial charge in [-0.2, -0.15) is 0 Å². The first-order valence-electron chi connectivity index (χ1n) is 6.99. The molecule has 0 fully saturated rings. The molecule has 0 heterocycles. The Morgan fingerprint density at radius 1 is 1.05 bits per heavy atom. The van der Waals surface area contributed by atoms with Gasteiger partial charge in [0.1, 0.15) is 11.5 Å². The van der Waals surface area contributed by atoms with Crippen LogP contribution in [0.4, 0.5) is 0 Å². The van der Waals surface area contributed by atoms with Gasteiger partial charge in [-0.05, 0) is 48.9 Å². The molecule has 2 nitrogen and oxygen atoms in total. The van der Waals surface area contributed by atoms with Gasteiger partial charge < -0.3 is 10.1 Å². The molecule has 2 rings (SSSR count). The zero-order chi connectivity index (χ0) is 14.4. The molecule has 1 unspecified atom stereocenters. The Bertz CT molecular complexity index is 539. The number of benzene rings is 2. The molecule has 3 heteroatoms. The van der Waals surface area contributed by atoms with Crippen molar-refractivity contribution in [2.75, 3.05) is 6.54 Å². The van der Waals surface area contributed by atoms with E-state index in [0.29, 0.717) is 6.04 Å². The maximum atomic E-state index is 5.84. The molecule has 0 bridgehead atoms. The van der Waals surface area contributed by atoms with E-state index < -0.39 is 0 Å². The highest BCUT2D eigenvalue weighted by Crippen LogP contribution is 2.26. The van der Waals surface area contributed by atoms with Gasteiger partial charge in [-0.3, -0.25) is 0 Å². The third-order valence-electron chi connectivity index (χ3n) is 3.17. The van der Waals surface area contributed by atoms with Crippen molar-refractivity contribution in [3.8, 4) is 11.5 Å². The van der Waals surface area contributed by atoms with Crippen LogP contribution in [0.25, 0.3) is 0 Å². The Hall–Kier alpha value is -1.32. The zero-order valence-electron chi connectivity index (χ0n) is 11.9. The van der Waals surface area contributed by atoms with Crippen LogP contribution >= 0.6 is 15.9 Å². The molecule has 2 aromatic carbocycles. The minimum absolute atomic E-state index is 0.417. The molecular formula is C17H20BrNO. The number of nitrogens with one attached hydrogen (secondary N) is 1. The molecule has 20 heavy (non-hydrogen) atoms. The predicted molar refractivity (Wildman–Crippen MR) is 87.4 cm³/mol. The van der Waals surface area contributed by atoms with E-state index in [4.69, 9.17) is 4.74 Å². The van der Waals surface area contributed by atoms with Gasteiger partial charge in [-0.15, -0.1) is 0 Å². The topological polar surface area (TPSA) is 21.3 Å². The molecule has 0 saturated carbocycles. The van der Waals surface area contributed by atoms with Crippen LogP contribution in [0.1, 0.15) is 31.9 Å². The van der Waals surface area contributed by atoms with Crippen molar-refractivity contribution in [2.24, 2.45) is 0 Å². The van der Waals surface area contributed by atoms with Crippen molar-refractivity contribution in [1.82, 2.24) is 5.32 Å². The molecule has 106 valence electrons. The second-order valence-corrected chi connectivity index (χ2v) is 5.56. The lowest BCUT2D eigenvalue weighted by Gasteiger charge is -2.16. The van der Waals surface area contributed by atoms with Crippen LogP contribution in [0, 0.1) is 0 Å². The Kier molecular flexibility index (Phi) is 5.62. The summed E-state index contributed by atoms with van der Waals surface area (Å²) in [6.07, 6.45) is 1.08. The van der Waals surface area contributed by atoms with E-state index in [1.165, 1.54) is 5.56 Å². The van der Waals surface area contributed by atoms with Crippen molar-refractivity contribution in [2.45, 2.75) is 26.3 Å². The minimum Gasteiger partial charge on any atom is -0.457 e. The lowest BCUT2D eigenvalue weighted by atomic mass is 10.0. The minimum atomic E-state index is 0.417. The predicted octanol–water partition coefficient (Wildman–Crippen LogP) is 5.30. The number of ether oxygens (including phenoxy) is 1. The van der Waals surface area contributed by atoms with E-state index >= 15 is 0 Å². The lowest BCUT2D eigenvalue weighted by Crippen LogP contribution is -2.19. The monoisotopic (exact) mass is 333 g/mol. The highest BCUT2D eigenvalue weighted by Gasteiger charge is 2.07. The molecule has 2 aromatic rings. The smallest absolute Gasteiger partial charge is 0.128 e. The number of hydrogen-bond acceptors (Lipinski definition) is 2. The summed E-state index contributed by atoms with van der Waals surface area (Å²) in [7, 11) is 0. The van der Waals surface area contributed by atoms with Gasteiger partial charge in [0.2, 0.25) is 0 Å². The number of rotatable bonds is 6. The Labute approximate surface area is 129 Å². The maximum Gasteiger partial charge on any atom is 0.128 e. The molecule has 1 N–H and O–H groups in total. The molecule has 0 aliphatic heterocycles. The quantitative estimate of drug-likeness (QED) is 0.774. The van der Waals surface area contributed by atoms with Gasteiger partial charge in [-0.25, -0.2) is 0 Å². The molecule has 1 atom stereocenters. The van der Waals surface area contributed by atoms with E-state index in [-0.39, 0.29) is 0 Å². The summed E-state index contributed by atoms with van der Waals surface area (Å²) in [6.45, 7) is 5.31. The summed E-state index contributed by atoms with van der Waals surface area (Å²) in [5, 5.41) is 3.48. The first kappa shape index (κ1) is 15.1. The number of halogens is 1. The average Bonchev–Trinajstić information content (AvgIpc) is 2.46. The molecule has 0 aliphatic carbocycles. The van der Waals surface area contributed by atoms with Crippen LogP contribution in [0.2, 0.25) is 0 Å². The zero-order valence-corrected chi connectivity index (χ0v) is 13.5. The second-order valence-electron chi connectivity index (χ2n) is 4.65. The first-order chi connectivity index (χ1) is 9.72. The molecule has 0 aromatic heterocycles. The van der Waals surface area contributed by atoms with Gasteiger partial charge in [0.05, 0.1) is 0 Å². The fraction of sp³-hybridized carbons (Fsp3) is 0.294. The highest BCUT2D eigenvalue weighted by atomic mass is 79.9. The van der Waals surface area contributed by atoms with Crippen LogP contribution in [-0.2, 0) is 0 Å². The fourth-order valence-electron chi connectivity index (χ4n) is 2.18. The standard InChI is InChI=1S/C17H20BrNO/c1-3-17(19-4-2)13-8-10-15(11-9-13)20-16-7-5-6-14(18)12-16/h5-12,17,19H,3-4H2,1-2H3. The van der Waals surface area contributed by atoms with Crippen LogP contribution in [0.3, 0.4) is 0 Å². The summed E-state index contributed by atoms with van der Waals surface area (Å²) in [5.41, 5.74) is 1.30. The summed E-state index contributed by atoms with van der Waals surface area (Å²) >= 11 is 3.44. The summed E-state index contributed by atoms with van der Waals surface area (Å²) in [4.78, 5) is 0. The van der Waals surface area contributed by atoms with Crippen LogP contribution in [-0.4, -0.2) is 6.54 Å². The average molecular weight is 334 g/mol. The maximum absolute atomic E-state index is 5.84. The van der Waals surface area contributed by atoms with Gasteiger partial charge in [0.15, 0.2) is 0 Å². The first-order valence-corrected chi connectivity index (χ1v) is 7.79. The van der Waals surface area contributed by atoms with Crippen molar-refractivity contribution in [3.63, 3.8) is 0 Å². The third kappa shape index (κ3) is 4.09. The Morgan fingerprint density at radius 2 is 1.80 bits per heavy atom. The SMILES string of the molecule is CCNC(CC)c1ccc(Oc2cccc(Br)c2)cc1. The van der Waals surface area contributed by atoms with E-state index in [2.05, 4.69) is 47.2 Å². The molecule has 0 amide bonds.